The van der Waals surface area contributed by atoms with Gasteiger partial charge in [0, 0.05) is 25.2 Å². The molecule has 0 bridgehead atoms. The number of ether oxygens (including phenoxy) is 4. The predicted octanol–water partition coefficient (Wildman–Crippen LogP) is 2.39. The summed E-state index contributed by atoms with van der Waals surface area (Å²) in [7, 11) is 0. The third-order valence-electron chi connectivity index (χ3n) is 6.46. The van der Waals surface area contributed by atoms with Crippen molar-refractivity contribution in [3.05, 3.63) is 41.7 Å². The highest BCUT2D eigenvalue weighted by Crippen LogP contribution is 2.35. The third kappa shape index (κ3) is 3.59. The van der Waals surface area contributed by atoms with Gasteiger partial charge in [-0.05, 0) is 12.1 Å². The minimum Gasteiger partial charge on any atom is -0.470 e. The molecule has 3 saturated heterocycles. The van der Waals surface area contributed by atoms with Gasteiger partial charge < -0.3 is 33.9 Å². The number of hydrogen-bond donors (Lipinski definition) is 2. The lowest BCUT2D eigenvalue weighted by atomic mass is 10.1. The van der Waals surface area contributed by atoms with Gasteiger partial charge in [-0.25, -0.2) is 18.2 Å². The summed E-state index contributed by atoms with van der Waals surface area (Å²) in [6, 6.07) is 5.61. The van der Waals surface area contributed by atoms with E-state index < -0.39 is 41.3 Å². The summed E-state index contributed by atoms with van der Waals surface area (Å²) in [6.07, 6.45) is -1.93. The lowest BCUT2D eigenvalue weighted by Gasteiger charge is -2.29. The Balaban J connectivity index is 1.28. The van der Waals surface area contributed by atoms with Crippen LogP contribution in [0.15, 0.2) is 24.3 Å². The van der Waals surface area contributed by atoms with E-state index in [-0.39, 0.29) is 30.7 Å². The van der Waals surface area contributed by atoms with Crippen LogP contribution in [0.4, 0.5) is 18.9 Å². The first-order valence-corrected chi connectivity index (χ1v) is 11.1. The molecule has 8 nitrogen and oxygen atoms in total. The number of morpholine rings is 1. The molecule has 1 aromatic carbocycles. The van der Waals surface area contributed by atoms with Crippen LogP contribution in [0.2, 0.25) is 0 Å². The van der Waals surface area contributed by atoms with Crippen molar-refractivity contribution < 1.29 is 37.2 Å². The maximum atomic E-state index is 15.0. The number of aliphatic hydroxyl groups is 1. The minimum absolute atomic E-state index is 0.0352. The summed E-state index contributed by atoms with van der Waals surface area (Å²) >= 11 is 0. The molecule has 3 fully saturated rings. The summed E-state index contributed by atoms with van der Waals surface area (Å²) in [4.78, 5) is 8.94. The lowest BCUT2D eigenvalue weighted by Crippen LogP contribution is -2.37. The molecule has 2 N–H and O–H groups in total. The van der Waals surface area contributed by atoms with E-state index in [1.54, 1.807) is 17.0 Å². The largest absolute Gasteiger partial charge is 0.470 e. The number of pyridine rings is 1. The van der Waals surface area contributed by atoms with Crippen LogP contribution >= 0.6 is 0 Å². The lowest BCUT2D eigenvalue weighted by molar-refractivity contribution is 0.00794. The maximum absolute atomic E-state index is 15.0. The third-order valence-corrected chi connectivity index (χ3v) is 6.46. The Morgan fingerprint density at radius 1 is 1.03 bits per heavy atom. The van der Waals surface area contributed by atoms with E-state index in [4.69, 9.17) is 18.9 Å². The number of aromatic nitrogens is 2. The number of nitrogens with one attached hydrogen (secondary N) is 1. The molecule has 4 atom stereocenters. The maximum Gasteiger partial charge on any atom is 0.193 e. The second-order valence-electron chi connectivity index (χ2n) is 8.56. The van der Waals surface area contributed by atoms with Gasteiger partial charge in [0.2, 0.25) is 0 Å². The summed E-state index contributed by atoms with van der Waals surface area (Å²) in [6.45, 7) is 1.87. The average molecular weight is 477 g/mol. The van der Waals surface area contributed by atoms with Crippen molar-refractivity contribution in [1.82, 2.24) is 9.97 Å². The van der Waals surface area contributed by atoms with E-state index >= 15 is 4.39 Å². The second-order valence-corrected chi connectivity index (χ2v) is 8.56. The van der Waals surface area contributed by atoms with E-state index in [0.717, 1.165) is 6.07 Å². The number of aliphatic hydroxyl groups excluding tert-OH is 1. The standard InChI is InChI=1S/C23H22F3N3O5/c24-11-7-15(29-3-5-31-6-4-29)20(25)21(26)19(11)13-2-1-12-14(27-13)8-18(28-12)34-17-10-33-22-16(30)9-32-23(17)22/h1-2,7-8,16-17,22-23,28,30H,3-6,9-10H2/t16-,17-,22-,23-/m1/s1. The quantitative estimate of drug-likeness (QED) is 0.558. The van der Waals surface area contributed by atoms with Crippen LogP contribution in [0.5, 0.6) is 5.88 Å². The molecule has 34 heavy (non-hydrogen) atoms. The Morgan fingerprint density at radius 2 is 1.82 bits per heavy atom. The van der Waals surface area contributed by atoms with Gasteiger partial charge in [0.15, 0.2) is 23.6 Å². The van der Waals surface area contributed by atoms with Gasteiger partial charge in [-0.3, -0.25) is 0 Å². The average Bonchev–Trinajstić information content (AvgIpc) is 3.53. The molecule has 0 saturated carbocycles. The predicted molar refractivity (Wildman–Crippen MR) is 114 cm³/mol. The van der Waals surface area contributed by atoms with E-state index in [2.05, 4.69) is 9.97 Å². The molecule has 180 valence electrons. The molecular weight excluding hydrogens is 455 g/mol. The molecule has 2 aromatic heterocycles. The fraction of sp³-hybridized carbons (Fsp3) is 0.435. The highest BCUT2D eigenvalue weighted by Gasteiger charge is 2.48. The number of benzene rings is 1. The van der Waals surface area contributed by atoms with Gasteiger partial charge in [0.1, 0.15) is 24.1 Å². The Morgan fingerprint density at radius 3 is 2.65 bits per heavy atom. The highest BCUT2D eigenvalue weighted by atomic mass is 19.2. The first-order valence-electron chi connectivity index (χ1n) is 11.1. The zero-order valence-corrected chi connectivity index (χ0v) is 18.0. The molecular formula is C23H22F3N3O5. The number of halogens is 3. The summed E-state index contributed by atoms with van der Waals surface area (Å²) in [5, 5.41) is 9.87. The van der Waals surface area contributed by atoms with Gasteiger partial charge in [-0.15, -0.1) is 0 Å². The van der Waals surface area contributed by atoms with Gasteiger partial charge in [0.25, 0.3) is 0 Å². The van der Waals surface area contributed by atoms with Crippen molar-refractivity contribution in [1.29, 1.82) is 0 Å². The molecule has 3 aliphatic heterocycles. The second kappa shape index (κ2) is 8.42. The Bertz CT molecular complexity index is 1230. The van der Waals surface area contributed by atoms with Crippen LogP contribution in [0.3, 0.4) is 0 Å². The molecule has 0 radical (unpaired) electrons. The molecule has 0 unspecified atom stereocenters. The number of aromatic amines is 1. The Hall–Kier alpha value is -2.86. The van der Waals surface area contributed by atoms with Crippen molar-refractivity contribution in [2.45, 2.75) is 24.4 Å². The number of hydrogen-bond acceptors (Lipinski definition) is 7. The summed E-state index contributed by atoms with van der Waals surface area (Å²) in [5.74, 6) is -2.93. The highest BCUT2D eigenvalue weighted by molar-refractivity contribution is 5.81. The van der Waals surface area contributed by atoms with Crippen molar-refractivity contribution >= 4 is 16.7 Å². The SMILES string of the molecule is O[C@@H]1CO[C@H]2[C@@H]1OC[C@H]2Oc1cc2nc(-c3c(F)cc(N4CCOCC4)c(F)c3F)ccc2[nH]1. The summed E-state index contributed by atoms with van der Waals surface area (Å²) < 4.78 is 67.1. The van der Waals surface area contributed by atoms with E-state index in [1.807, 2.05) is 0 Å². The first kappa shape index (κ1) is 21.7. The van der Waals surface area contributed by atoms with Gasteiger partial charge >= 0.3 is 0 Å². The van der Waals surface area contributed by atoms with Crippen LogP contribution < -0.4 is 9.64 Å². The molecule has 5 heterocycles. The molecule has 0 spiro atoms. The first-order chi connectivity index (χ1) is 16.5. The number of anilines is 1. The van der Waals surface area contributed by atoms with Crippen molar-refractivity contribution in [3.8, 4) is 17.1 Å². The normalized spacial score (nSPS) is 26.9. The van der Waals surface area contributed by atoms with Crippen molar-refractivity contribution in [2.75, 3.05) is 44.4 Å². The number of rotatable bonds is 4. The number of nitrogens with zero attached hydrogens (tertiary/aromatic N) is 2. The molecule has 6 rings (SSSR count). The van der Waals surface area contributed by atoms with Gasteiger partial charge in [-0.2, -0.15) is 0 Å². The molecule has 0 amide bonds. The number of fused-ring (bicyclic) bond motifs is 2. The van der Waals surface area contributed by atoms with Crippen LogP contribution in [-0.4, -0.2) is 79.0 Å². The van der Waals surface area contributed by atoms with Crippen LogP contribution in [0.1, 0.15) is 0 Å². The molecule has 11 heteroatoms. The Kier molecular flexibility index (Phi) is 5.36. The number of H-pyrrole nitrogens is 1. The van der Waals surface area contributed by atoms with Crippen LogP contribution in [-0.2, 0) is 14.2 Å². The fourth-order valence-electron chi connectivity index (χ4n) is 4.75. The zero-order valence-electron chi connectivity index (χ0n) is 18.0. The van der Waals surface area contributed by atoms with Crippen LogP contribution in [0.25, 0.3) is 22.3 Å². The van der Waals surface area contributed by atoms with Gasteiger partial charge in [-0.1, -0.05) is 0 Å². The van der Waals surface area contributed by atoms with E-state index in [9.17, 15) is 13.9 Å². The van der Waals surface area contributed by atoms with Crippen molar-refractivity contribution in [3.63, 3.8) is 0 Å². The van der Waals surface area contributed by atoms with E-state index in [0.29, 0.717) is 43.2 Å². The molecule has 3 aliphatic rings. The molecule has 3 aromatic rings. The smallest absolute Gasteiger partial charge is 0.193 e. The van der Waals surface area contributed by atoms with E-state index in [1.165, 1.54) is 6.07 Å². The Labute approximate surface area is 192 Å². The minimum atomic E-state index is -1.29. The van der Waals surface area contributed by atoms with Crippen molar-refractivity contribution in [2.24, 2.45) is 0 Å². The van der Waals surface area contributed by atoms with Crippen LogP contribution in [0, 0.1) is 17.5 Å². The monoisotopic (exact) mass is 477 g/mol. The molecule has 0 aliphatic carbocycles. The fourth-order valence-corrected chi connectivity index (χ4v) is 4.75. The topological polar surface area (TPSA) is 89.1 Å². The summed E-state index contributed by atoms with van der Waals surface area (Å²) in [5.41, 5.74) is 0.281. The van der Waals surface area contributed by atoms with Gasteiger partial charge in [0.05, 0.1) is 54.4 Å². The zero-order chi connectivity index (χ0) is 23.4.